The highest BCUT2D eigenvalue weighted by Crippen LogP contribution is 2.24. The molecule has 0 radical (unpaired) electrons. The van der Waals surface area contributed by atoms with E-state index in [-0.39, 0.29) is 11.7 Å². The molecule has 1 amide bonds. The van der Waals surface area contributed by atoms with E-state index < -0.39 is 0 Å². The van der Waals surface area contributed by atoms with Gasteiger partial charge in [-0.2, -0.15) is 4.73 Å². The molecule has 0 saturated carbocycles. The van der Waals surface area contributed by atoms with E-state index in [0.29, 0.717) is 17.0 Å². The molecule has 0 bridgehead atoms. The van der Waals surface area contributed by atoms with Gasteiger partial charge in [-0.15, -0.1) is 11.3 Å². The molecule has 0 aliphatic heterocycles. The number of benzene rings is 2. The summed E-state index contributed by atoms with van der Waals surface area (Å²) in [6.45, 7) is 0. The number of halogens is 1. The maximum atomic E-state index is 13.0. The zero-order valence-corrected chi connectivity index (χ0v) is 13.8. The Balaban J connectivity index is 1.69. The van der Waals surface area contributed by atoms with Crippen molar-refractivity contribution in [3.63, 3.8) is 0 Å². The Bertz CT molecular complexity index is 1020. The summed E-state index contributed by atoms with van der Waals surface area (Å²) in [7, 11) is 0. The molecule has 0 fully saturated rings. The van der Waals surface area contributed by atoms with E-state index in [1.54, 1.807) is 10.9 Å². The highest BCUT2D eigenvalue weighted by atomic mass is 32.1. The van der Waals surface area contributed by atoms with Crippen LogP contribution in [0.25, 0.3) is 10.9 Å². The van der Waals surface area contributed by atoms with E-state index in [9.17, 15) is 9.18 Å². The lowest BCUT2D eigenvalue weighted by Gasteiger charge is -2.05. The zero-order valence-electron chi connectivity index (χ0n) is 13.0. The number of thiophene rings is 1. The van der Waals surface area contributed by atoms with Crippen LogP contribution in [0.3, 0.4) is 0 Å². The highest BCUT2D eigenvalue weighted by molar-refractivity contribution is 7.08. The summed E-state index contributed by atoms with van der Waals surface area (Å²) in [6.07, 6.45) is 1.65. The van der Waals surface area contributed by atoms with Crippen molar-refractivity contribution in [3.05, 3.63) is 82.9 Å². The summed E-state index contributed by atoms with van der Waals surface area (Å²) in [6, 6.07) is 15.0. The van der Waals surface area contributed by atoms with Crippen molar-refractivity contribution in [2.45, 2.75) is 0 Å². The van der Waals surface area contributed by atoms with Crippen LogP contribution in [0.15, 0.2) is 71.6 Å². The Kier molecular flexibility index (Phi) is 3.95. The van der Waals surface area contributed by atoms with E-state index >= 15 is 0 Å². The van der Waals surface area contributed by atoms with Crippen molar-refractivity contribution in [1.29, 1.82) is 0 Å². The molecule has 4 aromatic rings. The molecule has 0 aliphatic rings. The van der Waals surface area contributed by atoms with Crippen LogP contribution >= 0.6 is 11.3 Å². The monoisotopic (exact) mass is 352 g/mol. The second-order valence-corrected chi connectivity index (χ2v) is 6.18. The molecular formula is C19H13FN2O2S. The summed E-state index contributed by atoms with van der Waals surface area (Å²) >= 11 is 1.53. The molecule has 2 aromatic heterocycles. The molecule has 0 atom stereocenters. The van der Waals surface area contributed by atoms with Crippen molar-refractivity contribution >= 4 is 33.8 Å². The van der Waals surface area contributed by atoms with Crippen LogP contribution in [0.2, 0.25) is 0 Å². The van der Waals surface area contributed by atoms with Crippen molar-refractivity contribution in [1.82, 2.24) is 4.73 Å². The molecule has 4 rings (SSSR count). The van der Waals surface area contributed by atoms with Crippen molar-refractivity contribution < 1.29 is 14.0 Å². The van der Waals surface area contributed by atoms with Crippen LogP contribution in [-0.4, -0.2) is 10.6 Å². The number of hydrogen-bond donors (Lipinski definition) is 1. The average Bonchev–Trinajstić information content (AvgIpc) is 3.26. The summed E-state index contributed by atoms with van der Waals surface area (Å²) in [5.74, 6) is 0.0745. The van der Waals surface area contributed by atoms with Crippen LogP contribution in [0.4, 0.5) is 10.1 Å². The van der Waals surface area contributed by atoms with Crippen molar-refractivity contribution in [2.24, 2.45) is 0 Å². The first-order valence-electron chi connectivity index (χ1n) is 7.58. The zero-order chi connectivity index (χ0) is 17.2. The number of hydrogen-bond acceptors (Lipinski definition) is 3. The largest absolute Gasteiger partial charge is 0.374 e. The summed E-state index contributed by atoms with van der Waals surface area (Å²) in [5, 5.41) is 7.35. The SMILES string of the molecule is O=C(Nc1ccc(F)cc1)c1cn(Oc2ccsc2)c2ccccc12. The van der Waals surface area contributed by atoms with Gasteiger partial charge in [0.2, 0.25) is 0 Å². The molecule has 6 heteroatoms. The summed E-state index contributed by atoms with van der Waals surface area (Å²) < 4.78 is 14.6. The molecule has 124 valence electrons. The van der Waals surface area contributed by atoms with E-state index in [1.165, 1.54) is 35.6 Å². The van der Waals surface area contributed by atoms with Gasteiger partial charge in [0.15, 0.2) is 5.75 Å². The Morgan fingerprint density at radius 2 is 1.88 bits per heavy atom. The van der Waals surface area contributed by atoms with E-state index in [4.69, 9.17) is 4.84 Å². The van der Waals surface area contributed by atoms with Gasteiger partial charge >= 0.3 is 0 Å². The van der Waals surface area contributed by atoms with E-state index in [1.807, 2.05) is 41.1 Å². The normalized spacial score (nSPS) is 10.8. The van der Waals surface area contributed by atoms with Crippen LogP contribution < -0.4 is 10.2 Å². The minimum absolute atomic E-state index is 0.282. The Morgan fingerprint density at radius 3 is 2.64 bits per heavy atom. The van der Waals surface area contributed by atoms with Crippen LogP contribution in [0, 0.1) is 5.82 Å². The summed E-state index contributed by atoms with van der Waals surface area (Å²) in [5.41, 5.74) is 1.80. The minimum atomic E-state index is -0.348. The average molecular weight is 352 g/mol. The highest BCUT2D eigenvalue weighted by Gasteiger charge is 2.16. The fourth-order valence-electron chi connectivity index (χ4n) is 2.56. The van der Waals surface area contributed by atoms with Crippen molar-refractivity contribution in [2.75, 3.05) is 5.32 Å². The van der Waals surface area contributed by atoms with Gasteiger partial charge < -0.3 is 10.2 Å². The number of nitrogens with one attached hydrogen (secondary N) is 1. The fourth-order valence-corrected chi connectivity index (χ4v) is 3.10. The quantitative estimate of drug-likeness (QED) is 0.565. The topological polar surface area (TPSA) is 43.3 Å². The van der Waals surface area contributed by atoms with Crippen LogP contribution in [0.1, 0.15) is 10.4 Å². The first-order valence-corrected chi connectivity index (χ1v) is 8.52. The maximum Gasteiger partial charge on any atom is 0.257 e. The van der Waals surface area contributed by atoms with Crippen molar-refractivity contribution in [3.8, 4) is 5.75 Å². The number of rotatable bonds is 4. The van der Waals surface area contributed by atoms with E-state index in [0.717, 1.165) is 10.9 Å². The Morgan fingerprint density at radius 1 is 1.08 bits per heavy atom. The number of amides is 1. The van der Waals surface area contributed by atoms with Crippen LogP contribution in [-0.2, 0) is 0 Å². The van der Waals surface area contributed by atoms with Gasteiger partial charge in [0, 0.05) is 16.5 Å². The minimum Gasteiger partial charge on any atom is -0.374 e. The summed E-state index contributed by atoms with van der Waals surface area (Å²) in [4.78, 5) is 18.5. The predicted molar refractivity (Wildman–Crippen MR) is 96.6 cm³/mol. The molecule has 25 heavy (non-hydrogen) atoms. The molecule has 0 aliphatic carbocycles. The second kappa shape index (κ2) is 6.41. The molecule has 1 N–H and O–H groups in total. The number of carbonyl (C=O) groups is 1. The number of carbonyl (C=O) groups excluding carboxylic acids is 1. The lowest BCUT2D eigenvalue weighted by atomic mass is 10.1. The van der Waals surface area contributed by atoms with E-state index in [2.05, 4.69) is 5.32 Å². The van der Waals surface area contributed by atoms with Gasteiger partial charge in [-0.25, -0.2) is 4.39 Å². The fraction of sp³-hybridized carbons (Fsp3) is 0. The number of anilines is 1. The third-order valence-corrected chi connectivity index (χ3v) is 4.39. The smallest absolute Gasteiger partial charge is 0.257 e. The third-order valence-electron chi connectivity index (χ3n) is 3.72. The molecule has 0 unspecified atom stereocenters. The maximum absolute atomic E-state index is 13.0. The number of fused-ring (bicyclic) bond motifs is 1. The Hall–Kier alpha value is -3.12. The van der Waals surface area contributed by atoms with Crippen LogP contribution in [0.5, 0.6) is 5.75 Å². The standard InChI is InChI=1S/C19H13FN2O2S/c20-13-5-7-14(8-6-13)21-19(23)17-11-22(24-15-9-10-25-12-15)18-4-2-1-3-16(17)18/h1-12H,(H,21,23). The lowest BCUT2D eigenvalue weighted by molar-refractivity contribution is 0.102. The van der Waals surface area contributed by atoms with Gasteiger partial charge in [-0.3, -0.25) is 4.79 Å². The first kappa shape index (κ1) is 15.4. The lowest BCUT2D eigenvalue weighted by Crippen LogP contribution is -2.11. The van der Waals surface area contributed by atoms with Gasteiger partial charge in [0.1, 0.15) is 5.82 Å². The predicted octanol–water partition coefficient (Wildman–Crippen LogP) is 4.94. The number of aromatic nitrogens is 1. The Labute approximate surface area is 147 Å². The molecule has 2 aromatic carbocycles. The molecule has 2 heterocycles. The molecular weight excluding hydrogens is 339 g/mol. The first-order chi connectivity index (χ1) is 12.2. The second-order valence-electron chi connectivity index (χ2n) is 5.40. The number of para-hydroxylation sites is 1. The molecule has 0 saturated heterocycles. The van der Waals surface area contributed by atoms with Gasteiger partial charge in [0.25, 0.3) is 5.91 Å². The van der Waals surface area contributed by atoms with Gasteiger partial charge in [-0.05, 0) is 41.8 Å². The van der Waals surface area contributed by atoms with Gasteiger partial charge in [-0.1, -0.05) is 18.2 Å². The molecule has 4 nitrogen and oxygen atoms in total. The van der Waals surface area contributed by atoms with Gasteiger partial charge in [0.05, 0.1) is 17.3 Å². The molecule has 0 spiro atoms. The number of nitrogens with zero attached hydrogens (tertiary/aromatic N) is 1. The third kappa shape index (κ3) is 3.12.